The summed E-state index contributed by atoms with van der Waals surface area (Å²) < 4.78 is 13.3. The second-order valence-corrected chi connectivity index (χ2v) is 9.33. The molecule has 4 aromatic rings. The number of hydrogen-bond acceptors (Lipinski definition) is 8. The van der Waals surface area contributed by atoms with E-state index >= 15 is 0 Å². The number of benzene rings is 1. The van der Waals surface area contributed by atoms with E-state index in [1.165, 1.54) is 11.8 Å². The second-order valence-electron chi connectivity index (χ2n) is 7.44. The lowest BCUT2D eigenvalue weighted by Gasteiger charge is -2.16. The fourth-order valence-electron chi connectivity index (χ4n) is 3.58. The normalized spacial score (nSPS) is 15.9. The number of thioether (sulfide) groups is 1. The van der Waals surface area contributed by atoms with Crippen molar-refractivity contribution in [2.45, 2.75) is 43.0 Å². The number of thiazole rings is 1. The van der Waals surface area contributed by atoms with E-state index < -0.39 is 0 Å². The van der Waals surface area contributed by atoms with Crippen LogP contribution in [0.4, 0.5) is 0 Å². The Bertz CT molecular complexity index is 1250. The summed E-state index contributed by atoms with van der Waals surface area (Å²) in [5, 5.41) is 4.11. The van der Waals surface area contributed by atoms with Crippen LogP contribution in [0.25, 0.3) is 11.0 Å². The molecule has 4 heterocycles. The van der Waals surface area contributed by atoms with E-state index in [2.05, 4.69) is 15.0 Å². The Morgan fingerprint density at radius 1 is 1.19 bits per heavy atom. The average molecular weight is 467 g/mol. The highest BCUT2D eigenvalue weighted by Crippen LogP contribution is 2.25. The first-order chi connectivity index (χ1) is 15.8. The van der Waals surface area contributed by atoms with Gasteiger partial charge in [0, 0.05) is 23.9 Å². The van der Waals surface area contributed by atoms with Gasteiger partial charge in [-0.1, -0.05) is 30.0 Å². The van der Waals surface area contributed by atoms with Crippen molar-refractivity contribution in [3.63, 3.8) is 0 Å². The Hall–Kier alpha value is -2.75. The first-order valence-corrected chi connectivity index (χ1v) is 12.3. The first kappa shape index (κ1) is 21.1. The highest BCUT2D eigenvalue weighted by Gasteiger charge is 2.20. The molecule has 164 valence electrons. The van der Waals surface area contributed by atoms with Gasteiger partial charge >= 0.3 is 0 Å². The van der Waals surface area contributed by atoms with E-state index in [4.69, 9.17) is 9.47 Å². The number of hydrogen-bond donors (Lipinski definition) is 0. The molecule has 1 fully saturated rings. The number of aromatic nitrogens is 4. The zero-order chi connectivity index (χ0) is 21.8. The van der Waals surface area contributed by atoms with Crippen molar-refractivity contribution in [3.05, 3.63) is 75.1 Å². The lowest BCUT2D eigenvalue weighted by atomic mass is 10.2. The first-order valence-electron chi connectivity index (χ1n) is 10.5. The smallest absolute Gasteiger partial charge is 0.263 e. The summed E-state index contributed by atoms with van der Waals surface area (Å²) in [6.45, 7) is 1.69. The predicted octanol–water partition coefficient (Wildman–Crippen LogP) is 4.30. The molecule has 1 aromatic carbocycles. The Morgan fingerprint density at radius 2 is 2.09 bits per heavy atom. The summed E-state index contributed by atoms with van der Waals surface area (Å²) in [7, 11) is 0. The van der Waals surface area contributed by atoms with Gasteiger partial charge in [0.1, 0.15) is 17.4 Å². The zero-order valence-electron chi connectivity index (χ0n) is 17.3. The van der Waals surface area contributed by atoms with Crippen molar-refractivity contribution in [3.8, 4) is 5.75 Å². The molecule has 1 aliphatic heterocycles. The van der Waals surface area contributed by atoms with Gasteiger partial charge in [0.05, 0.1) is 23.7 Å². The SMILES string of the molecule is O=c1c2cccnc2nc(SCc2csc(COc3ccccc3)n2)n1CC1CCCO1. The van der Waals surface area contributed by atoms with Crippen LogP contribution in [-0.4, -0.2) is 32.2 Å². The summed E-state index contributed by atoms with van der Waals surface area (Å²) >= 11 is 3.07. The minimum absolute atomic E-state index is 0.0454. The Morgan fingerprint density at radius 3 is 2.94 bits per heavy atom. The molecule has 32 heavy (non-hydrogen) atoms. The Labute approximate surface area is 193 Å². The highest BCUT2D eigenvalue weighted by atomic mass is 32.2. The quantitative estimate of drug-likeness (QED) is 0.283. The molecule has 1 saturated heterocycles. The van der Waals surface area contributed by atoms with Crippen LogP contribution in [0.5, 0.6) is 5.75 Å². The summed E-state index contributed by atoms with van der Waals surface area (Å²) in [4.78, 5) is 26.8. The molecule has 0 spiro atoms. The largest absolute Gasteiger partial charge is 0.486 e. The van der Waals surface area contributed by atoms with Crippen LogP contribution in [-0.2, 0) is 23.6 Å². The van der Waals surface area contributed by atoms with E-state index in [0.717, 1.165) is 35.9 Å². The number of para-hydroxylation sites is 1. The molecular formula is C23H22N4O3S2. The van der Waals surface area contributed by atoms with Crippen LogP contribution in [0.1, 0.15) is 23.5 Å². The van der Waals surface area contributed by atoms with Gasteiger partial charge in [-0.15, -0.1) is 11.3 Å². The van der Waals surface area contributed by atoms with Crippen LogP contribution in [0.3, 0.4) is 0 Å². The number of ether oxygens (including phenoxy) is 2. The van der Waals surface area contributed by atoms with Gasteiger partial charge in [-0.25, -0.2) is 15.0 Å². The molecular weight excluding hydrogens is 444 g/mol. The highest BCUT2D eigenvalue weighted by molar-refractivity contribution is 7.98. The van der Waals surface area contributed by atoms with Crippen LogP contribution in [0.2, 0.25) is 0 Å². The van der Waals surface area contributed by atoms with Gasteiger partial charge < -0.3 is 9.47 Å². The number of fused-ring (bicyclic) bond motifs is 1. The van der Waals surface area contributed by atoms with Gasteiger partial charge in [-0.05, 0) is 37.1 Å². The molecule has 3 aromatic heterocycles. The van der Waals surface area contributed by atoms with Gasteiger partial charge in [0.15, 0.2) is 10.8 Å². The summed E-state index contributed by atoms with van der Waals surface area (Å²) in [6.07, 6.45) is 3.69. The minimum Gasteiger partial charge on any atom is -0.486 e. The summed E-state index contributed by atoms with van der Waals surface area (Å²) in [6, 6.07) is 13.2. The van der Waals surface area contributed by atoms with Crippen molar-refractivity contribution in [1.29, 1.82) is 0 Å². The van der Waals surface area contributed by atoms with Gasteiger partial charge in [0.25, 0.3) is 5.56 Å². The molecule has 0 amide bonds. The maximum atomic E-state index is 13.2. The number of pyridine rings is 1. The third-order valence-electron chi connectivity index (χ3n) is 5.16. The van der Waals surface area contributed by atoms with Crippen molar-refractivity contribution >= 4 is 34.1 Å². The summed E-state index contributed by atoms with van der Waals surface area (Å²) in [5.74, 6) is 1.43. The fraction of sp³-hybridized carbons (Fsp3) is 0.304. The predicted molar refractivity (Wildman–Crippen MR) is 125 cm³/mol. The second kappa shape index (κ2) is 9.81. The standard InChI is InChI=1S/C23H22N4O3S2/c28-22-19-9-4-10-24-21(19)26-23(27(22)12-18-8-5-11-29-18)32-15-16-14-31-20(25-16)13-30-17-6-2-1-3-7-17/h1-4,6-7,9-10,14,18H,5,8,11-13,15H2. The van der Waals surface area contributed by atoms with Crippen molar-refractivity contribution in [2.75, 3.05) is 6.61 Å². The Balaban J connectivity index is 1.32. The number of rotatable bonds is 8. The van der Waals surface area contributed by atoms with E-state index in [0.29, 0.717) is 35.1 Å². The average Bonchev–Trinajstić information content (AvgIpc) is 3.51. The summed E-state index contributed by atoms with van der Waals surface area (Å²) in [5.41, 5.74) is 1.33. The van der Waals surface area contributed by atoms with Crippen molar-refractivity contribution in [1.82, 2.24) is 19.5 Å². The van der Waals surface area contributed by atoms with Crippen molar-refractivity contribution in [2.24, 2.45) is 0 Å². The van der Waals surface area contributed by atoms with Crippen LogP contribution in [0.15, 0.2) is 64.0 Å². The van der Waals surface area contributed by atoms with Crippen LogP contribution >= 0.6 is 23.1 Å². The molecule has 0 aliphatic carbocycles. The van der Waals surface area contributed by atoms with Gasteiger partial charge in [-0.3, -0.25) is 9.36 Å². The molecule has 9 heteroatoms. The molecule has 5 rings (SSSR count). The fourth-order valence-corrected chi connectivity index (χ4v) is 5.28. The molecule has 0 bridgehead atoms. The minimum atomic E-state index is -0.0728. The molecule has 1 unspecified atom stereocenters. The monoisotopic (exact) mass is 466 g/mol. The maximum Gasteiger partial charge on any atom is 0.263 e. The third kappa shape index (κ3) is 4.85. The molecule has 1 aliphatic rings. The lowest BCUT2D eigenvalue weighted by Crippen LogP contribution is -2.29. The van der Waals surface area contributed by atoms with E-state index in [-0.39, 0.29) is 11.7 Å². The van der Waals surface area contributed by atoms with Crippen LogP contribution in [0, 0.1) is 0 Å². The van der Waals surface area contributed by atoms with E-state index in [1.807, 2.05) is 35.7 Å². The van der Waals surface area contributed by atoms with Gasteiger partial charge in [0.2, 0.25) is 0 Å². The zero-order valence-corrected chi connectivity index (χ0v) is 19.0. The molecule has 0 saturated carbocycles. The molecule has 0 radical (unpaired) electrons. The van der Waals surface area contributed by atoms with E-state index in [9.17, 15) is 4.79 Å². The third-order valence-corrected chi connectivity index (χ3v) is 7.04. The topological polar surface area (TPSA) is 79.1 Å². The molecule has 0 N–H and O–H groups in total. The lowest BCUT2D eigenvalue weighted by molar-refractivity contribution is 0.0937. The Kier molecular flexibility index (Phi) is 6.47. The van der Waals surface area contributed by atoms with Crippen molar-refractivity contribution < 1.29 is 9.47 Å². The molecule has 7 nitrogen and oxygen atoms in total. The molecule has 1 atom stereocenters. The maximum absolute atomic E-state index is 13.2. The van der Waals surface area contributed by atoms with Gasteiger partial charge in [-0.2, -0.15) is 0 Å². The van der Waals surface area contributed by atoms with Crippen LogP contribution < -0.4 is 10.3 Å². The number of nitrogens with zero attached hydrogens (tertiary/aromatic N) is 4. The van der Waals surface area contributed by atoms with E-state index in [1.54, 1.807) is 34.2 Å².